The number of ether oxygens (including phenoxy) is 1. The Kier molecular flexibility index (Phi) is 5.81. The molecule has 0 bridgehead atoms. The molecule has 1 aliphatic carbocycles. The van der Waals surface area contributed by atoms with Crippen molar-refractivity contribution in [3.63, 3.8) is 0 Å². The van der Waals surface area contributed by atoms with Crippen LogP contribution in [0.2, 0.25) is 0 Å². The third kappa shape index (κ3) is 5.04. The molecule has 0 spiro atoms. The Bertz CT molecular complexity index is 1070. The van der Waals surface area contributed by atoms with Crippen LogP contribution in [0.15, 0.2) is 47.8 Å². The summed E-state index contributed by atoms with van der Waals surface area (Å²) in [4.78, 5) is 29.3. The zero-order valence-electron chi connectivity index (χ0n) is 16.9. The molecule has 0 aliphatic heterocycles. The monoisotopic (exact) mass is 421 g/mol. The number of aryl methyl sites for hydroxylation is 2. The number of carbonyl (C=O) groups is 2. The molecule has 2 aromatic carbocycles. The minimum absolute atomic E-state index is 0.107. The number of benzene rings is 2. The van der Waals surface area contributed by atoms with Crippen molar-refractivity contribution < 1.29 is 14.3 Å². The molecule has 1 fully saturated rings. The molecule has 1 saturated carbocycles. The highest BCUT2D eigenvalue weighted by Crippen LogP contribution is 2.22. The average molecular weight is 422 g/mol. The van der Waals surface area contributed by atoms with Crippen LogP contribution in [0.5, 0.6) is 5.75 Å². The standard InChI is InChI=1S/C23H23N3O3S/c1-14-3-4-17(23(28)25-18-7-8-18)11-21(14)26-22(27)16-5-9-20(10-6-16)29-12-19-13-30-15(2)24-19/h3-6,9-11,13,18H,7-8,12H2,1-2H3,(H,25,28)(H,26,27). The van der Waals surface area contributed by atoms with Gasteiger partial charge in [-0.25, -0.2) is 4.98 Å². The van der Waals surface area contributed by atoms with Gasteiger partial charge < -0.3 is 15.4 Å². The summed E-state index contributed by atoms with van der Waals surface area (Å²) in [5.74, 6) is 0.330. The van der Waals surface area contributed by atoms with E-state index in [-0.39, 0.29) is 17.9 Å². The number of amides is 2. The second-order valence-electron chi connectivity index (χ2n) is 7.40. The van der Waals surface area contributed by atoms with Crippen molar-refractivity contribution in [3.8, 4) is 5.75 Å². The van der Waals surface area contributed by atoms with Crippen LogP contribution < -0.4 is 15.4 Å². The first-order valence-corrected chi connectivity index (χ1v) is 10.7. The van der Waals surface area contributed by atoms with Gasteiger partial charge in [-0.15, -0.1) is 11.3 Å². The third-order valence-corrected chi connectivity index (χ3v) is 5.65. The number of rotatable bonds is 7. The molecule has 1 aromatic heterocycles. The summed E-state index contributed by atoms with van der Waals surface area (Å²) in [6.45, 7) is 4.25. The van der Waals surface area contributed by atoms with Crippen LogP contribution in [-0.4, -0.2) is 22.8 Å². The van der Waals surface area contributed by atoms with Crippen LogP contribution in [-0.2, 0) is 6.61 Å². The molecule has 4 rings (SSSR count). The van der Waals surface area contributed by atoms with Gasteiger partial charge in [0.1, 0.15) is 12.4 Å². The predicted octanol–water partition coefficient (Wildman–Crippen LogP) is 4.48. The van der Waals surface area contributed by atoms with E-state index in [0.29, 0.717) is 29.2 Å². The van der Waals surface area contributed by atoms with Gasteiger partial charge in [-0.05, 0) is 68.7 Å². The molecule has 0 radical (unpaired) electrons. The number of anilines is 1. The molecule has 6 nitrogen and oxygen atoms in total. The van der Waals surface area contributed by atoms with Crippen molar-refractivity contribution in [2.45, 2.75) is 39.3 Å². The lowest BCUT2D eigenvalue weighted by atomic mass is 10.1. The lowest BCUT2D eigenvalue weighted by Crippen LogP contribution is -2.25. The fraction of sp³-hybridized carbons (Fsp3) is 0.261. The van der Waals surface area contributed by atoms with E-state index >= 15 is 0 Å². The first kappa shape index (κ1) is 20.1. The predicted molar refractivity (Wildman–Crippen MR) is 117 cm³/mol. The molecule has 1 aliphatic rings. The number of carbonyl (C=O) groups excluding carboxylic acids is 2. The Morgan fingerprint density at radius 2 is 1.80 bits per heavy atom. The van der Waals surface area contributed by atoms with Gasteiger partial charge in [-0.3, -0.25) is 9.59 Å². The molecule has 0 saturated heterocycles. The van der Waals surface area contributed by atoms with Gasteiger partial charge in [-0.1, -0.05) is 6.07 Å². The van der Waals surface area contributed by atoms with Crippen molar-refractivity contribution in [2.75, 3.05) is 5.32 Å². The maximum absolute atomic E-state index is 12.7. The fourth-order valence-electron chi connectivity index (χ4n) is 2.92. The van der Waals surface area contributed by atoms with E-state index in [9.17, 15) is 9.59 Å². The first-order chi connectivity index (χ1) is 14.5. The van der Waals surface area contributed by atoms with Crippen molar-refractivity contribution in [2.24, 2.45) is 0 Å². The Morgan fingerprint density at radius 3 is 2.47 bits per heavy atom. The summed E-state index contributed by atoms with van der Waals surface area (Å²) in [5.41, 5.74) is 3.47. The molecule has 0 atom stereocenters. The van der Waals surface area contributed by atoms with Crippen LogP contribution in [0.3, 0.4) is 0 Å². The number of thiazole rings is 1. The lowest BCUT2D eigenvalue weighted by molar-refractivity contribution is 0.0949. The molecule has 0 unspecified atom stereocenters. The number of hydrogen-bond donors (Lipinski definition) is 2. The molecular formula is C23H23N3O3S. The van der Waals surface area contributed by atoms with Gasteiger partial charge in [0.25, 0.3) is 11.8 Å². The number of nitrogens with one attached hydrogen (secondary N) is 2. The zero-order valence-corrected chi connectivity index (χ0v) is 17.7. The van der Waals surface area contributed by atoms with Crippen LogP contribution in [0.25, 0.3) is 0 Å². The Hall–Kier alpha value is -3.19. The van der Waals surface area contributed by atoms with Crippen LogP contribution in [0, 0.1) is 13.8 Å². The van der Waals surface area contributed by atoms with E-state index in [4.69, 9.17) is 4.74 Å². The van der Waals surface area contributed by atoms with E-state index in [1.807, 2.05) is 25.3 Å². The van der Waals surface area contributed by atoms with Crippen molar-refractivity contribution in [1.82, 2.24) is 10.3 Å². The second kappa shape index (κ2) is 8.67. The first-order valence-electron chi connectivity index (χ1n) is 9.84. The molecule has 154 valence electrons. The third-order valence-electron chi connectivity index (χ3n) is 4.83. The summed E-state index contributed by atoms with van der Waals surface area (Å²) < 4.78 is 5.72. The number of nitrogens with zero attached hydrogens (tertiary/aromatic N) is 1. The van der Waals surface area contributed by atoms with E-state index in [1.54, 1.807) is 47.7 Å². The van der Waals surface area contributed by atoms with Gasteiger partial charge >= 0.3 is 0 Å². The smallest absolute Gasteiger partial charge is 0.255 e. The van der Waals surface area contributed by atoms with Crippen molar-refractivity contribution in [3.05, 3.63) is 75.2 Å². The van der Waals surface area contributed by atoms with E-state index < -0.39 is 0 Å². The highest BCUT2D eigenvalue weighted by molar-refractivity contribution is 7.09. The van der Waals surface area contributed by atoms with Gasteiger partial charge in [0, 0.05) is 28.2 Å². The van der Waals surface area contributed by atoms with E-state index in [0.717, 1.165) is 29.1 Å². The molecule has 3 aromatic rings. The molecular weight excluding hydrogens is 398 g/mol. The molecule has 1 heterocycles. The van der Waals surface area contributed by atoms with Gasteiger partial charge in [-0.2, -0.15) is 0 Å². The lowest BCUT2D eigenvalue weighted by Gasteiger charge is -2.11. The minimum Gasteiger partial charge on any atom is -0.487 e. The maximum atomic E-state index is 12.7. The van der Waals surface area contributed by atoms with Crippen LogP contribution in [0.4, 0.5) is 5.69 Å². The summed E-state index contributed by atoms with van der Waals surface area (Å²) in [5, 5.41) is 8.84. The van der Waals surface area contributed by atoms with E-state index in [2.05, 4.69) is 15.6 Å². The van der Waals surface area contributed by atoms with Crippen LogP contribution in [0.1, 0.15) is 49.8 Å². The van der Waals surface area contributed by atoms with Gasteiger partial charge in [0.2, 0.25) is 0 Å². The Morgan fingerprint density at radius 1 is 1.07 bits per heavy atom. The number of hydrogen-bond acceptors (Lipinski definition) is 5. The normalized spacial score (nSPS) is 13.0. The van der Waals surface area contributed by atoms with Crippen molar-refractivity contribution in [1.29, 1.82) is 0 Å². The van der Waals surface area contributed by atoms with Crippen LogP contribution >= 0.6 is 11.3 Å². The summed E-state index contributed by atoms with van der Waals surface area (Å²) in [6.07, 6.45) is 2.06. The minimum atomic E-state index is -0.237. The highest BCUT2D eigenvalue weighted by atomic mass is 32.1. The Labute approximate surface area is 179 Å². The van der Waals surface area contributed by atoms with Gasteiger partial charge in [0.15, 0.2) is 0 Å². The van der Waals surface area contributed by atoms with Gasteiger partial charge in [0.05, 0.1) is 10.7 Å². The largest absolute Gasteiger partial charge is 0.487 e. The van der Waals surface area contributed by atoms with Crippen molar-refractivity contribution >= 4 is 28.8 Å². The maximum Gasteiger partial charge on any atom is 0.255 e. The summed E-state index contributed by atoms with van der Waals surface area (Å²) >= 11 is 1.59. The fourth-order valence-corrected chi connectivity index (χ4v) is 3.52. The second-order valence-corrected chi connectivity index (χ2v) is 8.46. The summed E-state index contributed by atoms with van der Waals surface area (Å²) in [6, 6.07) is 12.6. The molecule has 2 amide bonds. The molecule has 7 heteroatoms. The average Bonchev–Trinajstić information content (AvgIpc) is 3.46. The van der Waals surface area contributed by atoms with E-state index in [1.165, 1.54) is 0 Å². The SMILES string of the molecule is Cc1nc(COc2ccc(C(=O)Nc3cc(C(=O)NC4CC4)ccc3C)cc2)cs1. The molecule has 30 heavy (non-hydrogen) atoms. The molecule has 2 N–H and O–H groups in total. The number of aromatic nitrogens is 1. The highest BCUT2D eigenvalue weighted by Gasteiger charge is 2.24. The quantitative estimate of drug-likeness (QED) is 0.589. The Balaban J connectivity index is 1.38. The summed E-state index contributed by atoms with van der Waals surface area (Å²) in [7, 11) is 0. The zero-order chi connectivity index (χ0) is 21.1. The topological polar surface area (TPSA) is 80.3 Å².